The Morgan fingerprint density at radius 3 is 2.28 bits per heavy atom. The lowest BCUT2D eigenvalue weighted by Gasteiger charge is -2.39. The van der Waals surface area contributed by atoms with Crippen LogP contribution in [-0.4, -0.2) is 102 Å². The van der Waals surface area contributed by atoms with Crippen molar-refractivity contribution in [1.82, 2.24) is 25.1 Å². The fourth-order valence-corrected chi connectivity index (χ4v) is 10.6. The molecule has 4 amide bonds. The summed E-state index contributed by atoms with van der Waals surface area (Å²) in [5.74, 6) is 0.0629. The molecule has 64 heavy (non-hydrogen) atoms. The second-order valence-corrected chi connectivity index (χ2v) is 20.7. The Kier molecular flexibility index (Phi) is 13.0. The van der Waals surface area contributed by atoms with E-state index in [1.165, 1.54) is 6.20 Å². The first-order chi connectivity index (χ1) is 30.6. The van der Waals surface area contributed by atoms with Crippen molar-refractivity contribution >= 4 is 73.9 Å². The molecule has 3 fully saturated rings. The van der Waals surface area contributed by atoms with Crippen LogP contribution in [0.3, 0.4) is 0 Å². The summed E-state index contributed by atoms with van der Waals surface area (Å²) in [6.45, 7) is 14.1. The Bertz CT molecular complexity index is 2590. The quantitative estimate of drug-likeness (QED) is 0.113. The molecule has 17 heteroatoms. The number of piperidine rings is 3. The fraction of sp³-hybridized carbons (Fsp3) is 0.447. The van der Waals surface area contributed by atoms with E-state index in [0.717, 1.165) is 80.1 Å². The van der Waals surface area contributed by atoms with Crippen molar-refractivity contribution < 1.29 is 32.3 Å². The third kappa shape index (κ3) is 9.31. The van der Waals surface area contributed by atoms with Gasteiger partial charge < -0.3 is 25.2 Å². The molecule has 0 spiro atoms. The van der Waals surface area contributed by atoms with Gasteiger partial charge in [-0.2, -0.15) is 4.98 Å². The molecule has 0 radical (unpaired) electrons. The van der Waals surface area contributed by atoms with E-state index in [2.05, 4.69) is 48.7 Å². The van der Waals surface area contributed by atoms with Crippen molar-refractivity contribution in [3.63, 3.8) is 0 Å². The number of likely N-dealkylation sites (tertiary alicyclic amines) is 1. The SMILES string of the molecule is Cc1cc(Nc2ncc(Cl)c(Nc3ccccc3S(=O)(=O)C(C)C)n2)c(OC(C)C)cc1N1CCC(CN2CCC(c3ccc4c(c3)C(=O)N(C3CCC(=O)NC3=O)C4=O)CC2)CC1. The first kappa shape index (κ1) is 45.0. The molecular weight excluding hydrogens is 856 g/mol. The lowest BCUT2D eigenvalue weighted by atomic mass is 9.87. The van der Waals surface area contributed by atoms with Gasteiger partial charge in [-0.15, -0.1) is 0 Å². The molecule has 4 aromatic rings. The number of halogens is 1. The van der Waals surface area contributed by atoms with Gasteiger partial charge >= 0.3 is 0 Å². The number of imide groups is 2. The zero-order valence-corrected chi connectivity index (χ0v) is 38.4. The lowest BCUT2D eigenvalue weighted by molar-refractivity contribution is -0.136. The molecule has 8 rings (SSSR count). The number of para-hydroxylation sites is 1. The van der Waals surface area contributed by atoms with Gasteiger partial charge in [0.15, 0.2) is 15.7 Å². The predicted molar refractivity (Wildman–Crippen MR) is 246 cm³/mol. The van der Waals surface area contributed by atoms with Crippen molar-refractivity contribution in [3.05, 3.63) is 88.1 Å². The van der Waals surface area contributed by atoms with Crippen molar-refractivity contribution in [1.29, 1.82) is 0 Å². The molecule has 4 aliphatic heterocycles. The maximum atomic E-state index is 13.4. The monoisotopic (exact) mass is 910 g/mol. The normalized spacial score (nSPS) is 19.1. The second-order valence-electron chi connectivity index (χ2n) is 17.8. The molecule has 0 bridgehead atoms. The number of carbonyl (C=O) groups is 4. The Hall–Kier alpha value is -5.58. The van der Waals surface area contributed by atoms with Crippen LogP contribution in [0.15, 0.2) is 65.7 Å². The molecule has 3 N–H and O–H groups in total. The van der Waals surface area contributed by atoms with Crippen LogP contribution in [0.1, 0.15) is 104 Å². The fourth-order valence-electron chi connectivity index (χ4n) is 9.22. The summed E-state index contributed by atoms with van der Waals surface area (Å²) in [4.78, 5) is 66.0. The average Bonchev–Trinajstić information content (AvgIpc) is 3.51. The number of benzene rings is 3. The molecule has 3 saturated heterocycles. The molecule has 4 aliphatic rings. The first-order valence-electron chi connectivity index (χ1n) is 22.1. The van der Waals surface area contributed by atoms with E-state index < -0.39 is 44.8 Å². The van der Waals surface area contributed by atoms with Crippen molar-refractivity contribution in [2.75, 3.05) is 48.3 Å². The largest absolute Gasteiger partial charge is 0.489 e. The summed E-state index contributed by atoms with van der Waals surface area (Å²) in [5.41, 5.74) is 4.93. The van der Waals surface area contributed by atoms with Crippen LogP contribution in [0, 0.1) is 12.8 Å². The third-order valence-corrected chi connectivity index (χ3v) is 15.2. The molecule has 1 unspecified atom stereocenters. The average molecular weight is 912 g/mol. The van der Waals surface area contributed by atoms with Crippen LogP contribution >= 0.6 is 11.6 Å². The number of nitrogens with one attached hydrogen (secondary N) is 3. The number of amides is 4. The Morgan fingerprint density at radius 2 is 1.58 bits per heavy atom. The number of aryl methyl sites for hydroxylation is 1. The number of anilines is 5. The van der Waals surface area contributed by atoms with Gasteiger partial charge in [-0.3, -0.25) is 29.4 Å². The number of fused-ring (bicyclic) bond motifs is 1. The van der Waals surface area contributed by atoms with Crippen molar-refractivity contribution in [2.45, 2.75) is 101 Å². The van der Waals surface area contributed by atoms with E-state index in [1.54, 1.807) is 44.2 Å². The second kappa shape index (κ2) is 18.5. The maximum absolute atomic E-state index is 13.4. The van der Waals surface area contributed by atoms with E-state index >= 15 is 0 Å². The number of ether oxygens (including phenoxy) is 1. The van der Waals surface area contributed by atoms with Crippen LogP contribution < -0.4 is 25.6 Å². The van der Waals surface area contributed by atoms with E-state index in [4.69, 9.17) is 16.3 Å². The summed E-state index contributed by atoms with van der Waals surface area (Å²) < 4.78 is 32.6. The predicted octanol–water partition coefficient (Wildman–Crippen LogP) is 7.39. The first-order valence-corrected chi connectivity index (χ1v) is 24.0. The molecule has 0 saturated carbocycles. The van der Waals surface area contributed by atoms with Gasteiger partial charge in [-0.05, 0) is 133 Å². The Balaban J connectivity index is 0.873. The van der Waals surface area contributed by atoms with Crippen LogP contribution in [0.25, 0.3) is 0 Å². The number of hydrogen-bond acceptors (Lipinski definition) is 13. The zero-order chi connectivity index (χ0) is 45.4. The standard InChI is InChI=1S/C47H55ClN8O7S/c1-27(2)63-40-24-39(29(5)22-37(40)51-47-49-25-35(48)43(53-47)50-36-8-6-7-9-41(36)64(61,62)28(3)4)55-20-14-30(15-21-55)26-54-18-16-31(17-19-54)32-10-11-33-34(23-32)46(60)56(45(33)59)38-12-13-42(57)52-44(38)58/h6-11,22-25,27-28,30-31,38H,12-21,26H2,1-5H3,(H,52,57,58)(H2,49,50,51,53). The number of nitrogens with zero attached hydrogens (tertiary/aromatic N) is 5. The molecule has 1 aromatic heterocycles. The van der Waals surface area contributed by atoms with Crippen LogP contribution in [-0.2, 0) is 19.4 Å². The number of aromatic nitrogens is 2. The molecule has 3 aromatic carbocycles. The van der Waals surface area contributed by atoms with Crippen LogP contribution in [0.5, 0.6) is 5.75 Å². The van der Waals surface area contributed by atoms with E-state index in [0.29, 0.717) is 34.2 Å². The third-order valence-electron chi connectivity index (χ3n) is 12.7. The Labute approximate surface area is 379 Å². The summed E-state index contributed by atoms with van der Waals surface area (Å²) >= 11 is 6.52. The van der Waals surface area contributed by atoms with Gasteiger partial charge in [0.25, 0.3) is 11.8 Å². The minimum Gasteiger partial charge on any atom is -0.489 e. The molecule has 338 valence electrons. The van der Waals surface area contributed by atoms with Crippen molar-refractivity contribution in [3.8, 4) is 5.75 Å². The van der Waals surface area contributed by atoms with Gasteiger partial charge in [-0.1, -0.05) is 29.8 Å². The summed E-state index contributed by atoms with van der Waals surface area (Å²) in [6, 6.07) is 15.3. The van der Waals surface area contributed by atoms with Gasteiger partial charge in [0.05, 0.1) is 44.9 Å². The highest BCUT2D eigenvalue weighted by Gasteiger charge is 2.45. The molecular formula is C47H55ClN8O7S. The van der Waals surface area contributed by atoms with Gasteiger partial charge in [-0.25, -0.2) is 13.4 Å². The summed E-state index contributed by atoms with van der Waals surface area (Å²) in [6.07, 6.45) is 5.61. The highest BCUT2D eigenvalue weighted by Crippen LogP contribution is 2.39. The lowest BCUT2D eigenvalue weighted by Crippen LogP contribution is -2.54. The van der Waals surface area contributed by atoms with Crippen LogP contribution in [0.4, 0.5) is 28.8 Å². The topological polar surface area (TPSA) is 183 Å². The van der Waals surface area contributed by atoms with Crippen LogP contribution in [0.2, 0.25) is 5.02 Å². The zero-order valence-electron chi connectivity index (χ0n) is 36.8. The molecule has 5 heterocycles. The van der Waals surface area contributed by atoms with Gasteiger partial charge in [0.2, 0.25) is 17.8 Å². The number of carbonyl (C=O) groups excluding carboxylic acids is 4. The highest BCUT2D eigenvalue weighted by molar-refractivity contribution is 7.92. The van der Waals surface area contributed by atoms with E-state index in [9.17, 15) is 27.6 Å². The van der Waals surface area contributed by atoms with E-state index in [1.807, 2.05) is 32.0 Å². The summed E-state index contributed by atoms with van der Waals surface area (Å²) in [5, 5.41) is 8.32. The van der Waals surface area contributed by atoms with Gasteiger partial charge in [0.1, 0.15) is 16.8 Å². The van der Waals surface area contributed by atoms with Gasteiger partial charge in [0, 0.05) is 37.8 Å². The highest BCUT2D eigenvalue weighted by atomic mass is 35.5. The van der Waals surface area contributed by atoms with E-state index in [-0.39, 0.29) is 46.5 Å². The smallest absolute Gasteiger partial charge is 0.262 e. The Morgan fingerprint density at radius 1 is 0.859 bits per heavy atom. The number of sulfone groups is 1. The minimum atomic E-state index is -3.58. The summed E-state index contributed by atoms with van der Waals surface area (Å²) in [7, 11) is -3.58. The molecule has 1 atom stereocenters. The number of hydrogen-bond donors (Lipinski definition) is 3. The molecule has 15 nitrogen and oxygen atoms in total. The minimum absolute atomic E-state index is 0.0908. The maximum Gasteiger partial charge on any atom is 0.262 e. The number of rotatable bonds is 13. The molecule has 0 aliphatic carbocycles. The van der Waals surface area contributed by atoms with Crippen molar-refractivity contribution in [2.24, 2.45) is 5.92 Å².